The monoisotopic (exact) mass is 491 g/mol. The molecule has 0 saturated carbocycles. The average molecular weight is 492 g/mol. The van der Waals surface area contributed by atoms with Gasteiger partial charge in [0.25, 0.3) is 0 Å². The van der Waals surface area contributed by atoms with Crippen LogP contribution >= 0.6 is 0 Å². The van der Waals surface area contributed by atoms with Gasteiger partial charge in [-0.3, -0.25) is 6.08 Å². The Morgan fingerprint density at radius 3 is 1.31 bits per heavy atom. The Labute approximate surface area is 121 Å². The van der Waals surface area contributed by atoms with E-state index in [1.807, 2.05) is 12.2 Å². The molecule has 1 aliphatic rings. The molecule has 0 heterocycles. The third-order valence-corrected chi connectivity index (χ3v) is 0.586. The molecule has 0 nitrogen and oxygen atoms in total. The SMILES string of the molecule is [Br-].[Br-].[C-]1=CC=CC1.[CH3-].[CH3-].[CH3-].[CH3-].[CH3-].[Ir]. The smallest absolute Gasteiger partial charge is 0 e. The number of rotatable bonds is 0. The minimum Gasteiger partial charge on any atom is -1.00 e. The van der Waals surface area contributed by atoms with Gasteiger partial charge < -0.3 is 71.1 Å². The first-order valence-corrected chi connectivity index (χ1v) is 1.72. The normalized spacial score (nSPS) is 6.77. The van der Waals surface area contributed by atoms with E-state index in [-0.39, 0.29) is 91.2 Å². The summed E-state index contributed by atoms with van der Waals surface area (Å²) in [5.41, 5.74) is 0. The Hall–Kier alpha value is 1.09. The van der Waals surface area contributed by atoms with Crippen LogP contribution < -0.4 is 34.0 Å². The minimum atomic E-state index is 0. The molecule has 0 aromatic heterocycles. The molecule has 0 aromatic carbocycles. The molecule has 0 fully saturated rings. The fourth-order valence-electron chi connectivity index (χ4n) is 0.340. The summed E-state index contributed by atoms with van der Waals surface area (Å²) in [6, 6.07) is 0. The van der Waals surface area contributed by atoms with Crippen molar-refractivity contribution in [1.29, 1.82) is 0 Å². The van der Waals surface area contributed by atoms with Gasteiger partial charge in [0.05, 0.1) is 0 Å². The molecule has 0 amide bonds. The summed E-state index contributed by atoms with van der Waals surface area (Å²) < 4.78 is 0. The maximum absolute atomic E-state index is 2.99. The Kier molecular flexibility index (Phi) is 258. The van der Waals surface area contributed by atoms with Crippen LogP contribution in [-0.4, -0.2) is 0 Å². The largest absolute Gasteiger partial charge is 1.00 e. The number of hydrogen-bond donors (Lipinski definition) is 0. The van der Waals surface area contributed by atoms with Gasteiger partial charge in [0.2, 0.25) is 0 Å². The van der Waals surface area contributed by atoms with Crippen LogP contribution in [0, 0.1) is 43.2 Å². The average Bonchev–Trinajstić information content (AvgIpc) is 1.76. The van der Waals surface area contributed by atoms with E-state index in [2.05, 4.69) is 12.2 Å². The van der Waals surface area contributed by atoms with E-state index in [1.165, 1.54) is 0 Å². The molecular formula is C10H20Br2Ir-8. The molecule has 0 bridgehead atoms. The van der Waals surface area contributed by atoms with E-state index in [0.29, 0.717) is 0 Å². The van der Waals surface area contributed by atoms with Crippen molar-refractivity contribution in [3.05, 3.63) is 61.4 Å². The third-order valence-electron chi connectivity index (χ3n) is 0.586. The molecule has 1 rings (SSSR count). The van der Waals surface area contributed by atoms with Gasteiger partial charge in [0.1, 0.15) is 0 Å². The minimum absolute atomic E-state index is 0. The van der Waals surface area contributed by atoms with E-state index >= 15 is 0 Å². The quantitative estimate of drug-likeness (QED) is 0.330. The number of halogens is 2. The maximum Gasteiger partial charge on any atom is 0 e. The first-order chi connectivity index (χ1) is 2.50. The molecule has 0 spiro atoms. The van der Waals surface area contributed by atoms with Crippen LogP contribution in [0.5, 0.6) is 0 Å². The molecule has 3 heteroatoms. The van der Waals surface area contributed by atoms with E-state index in [0.717, 1.165) is 6.42 Å². The molecule has 1 radical (unpaired) electrons. The summed E-state index contributed by atoms with van der Waals surface area (Å²) in [7, 11) is 0. The standard InChI is InChI=1S/C5H5.5CH3.2BrH.Ir/c1-2-4-5-3-1;;;;;;;;/h1-3H,4H2;5*1H3;2*1H;/q6*-1;;;/p-2. The predicted octanol–water partition coefficient (Wildman–Crippen LogP) is -2.44. The van der Waals surface area contributed by atoms with Crippen LogP contribution in [-0.2, 0) is 20.1 Å². The molecule has 0 unspecified atom stereocenters. The Bertz CT molecular complexity index is 71.0. The van der Waals surface area contributed by atoms with Crippen molar-refractivity contribution >= 4 is 0 Å². The van der Waals surface area contributed by atoms with Crippen LogP contribution in [0.2, 0.25) is 0 Å². The molecule has 0 N–H and O–H groups in total. The van der Waals surface area contributed by atoms with Crippen LogP contribution in [0.25, 0.3) is 0 Å². The summed E-state index contributed by atoms with van der Waals surface area (Å²) in [4.78, 5) is 0. The fraction of sp³-hybridized carbons (Fsp3) is 0.100. The second-order valence-corrected chi connectivity index (χ2v) is 1.00. The summed E-state index contributed by atoms with van der Waals surface area (Å²) in [5, 5.41) is 0. The zero-order valence-corrected chi connectivity index (χ0v) is 14.6. The van der Waals surface area contributed by atoms with Gasteiger partial charge in [-0.15, -0.1) is 6.42 Å². The number of allylic oxidation sites excluding steroid dienone is 4. The molecular weight excluding hydrogens is 472 g/mol. The van der Waals surface area contributed by atoms with Crippen molar-refractivity contribution in [2.45, 2.75) is 6.42 Å². The predicted molar refractivity (Wildman–Crippen MR) is 53.6 cm³/mol. The van der Waals surface area contributed by atoms with Gasteiger partial charge in [0.15, 0.2) is 0 Å². The zero-order chi connectivity index (χ0) is 3.54. The molecule has 13 heavy (non-hydrogen) atoms. The van der Waals surface area contributed by atoms with E-state index < -0.39 is 0 Å². The molecule has 0 atom stereocenters. The van der Waals surface area contributed by atoms with Crippen molar-refractivity contribution in [2.24, 2.45) is 0 Å². The van der Waals surface area contributed by atoms with E-state index in [9.17, 15) is 0 Å². The van der Waals surface area contributed by atoms with Gasteiger partial charge in [0, 0.05) is 20.1 Å². The van der Waals surface area contributed by atoms with Crippen molar-refractivity contribution < 1.29 is 54.1 Å². The molecule has 0 aromatic rings. The zero-order valence-electron chi connectivity index (χ0n) is 9.03. The first kappa shape index (κ1) is 65.1. The van der Waals surface area contributed by atoms with Crippen LogP contribution in [0.15, 0.2) is 18.2 Å². The number of hydrogen-bond acceptors (Lipinski definition) is 0. The van der Waals surface area contributed by atoms with Crippen LogP contribution in [0.3, 0.4) is 0 Å². The summed E-state index contributed by atoms with van der Waals surface area (Å²) in [6.07, 6.45) is 10.0. The second-order valence-electron chi connectivity index (χ2n) is 1.00. The summed E-state index contributed by atoms with van der Waals surface area (Å²) in [6.45, 7) is 0. The van der Waals surface area contributed by atoms with Gasteiger partial charge in [-0.1, -0.05) is 0 Å². The molecule has 0 saturated heterocycles. The van der Waals surface area contributed by atoms with Gasteiger partial charge >= 0.3 is 0 Å². The Morgan fingerprint density at radius 1 is 0.846 bits per heavy atom. The first-order valence-electron chi connectivity index (χ1n) is 1.72. The Balaban J connectivity index is -0.00000000521. The summed E-state index contributed by atoms with van der Waals surface area (Å²) in [5.74, 6) is 0. The topological polar surface area (TPSA) is 0 Å². The third kappa shape index (κ3) is 43.4. The van der Waals surface area contributed by atoms with Crippen molar-refractivity contribution in [2.75, 3.05) is 0 Å². The molecule has 91 valence electrons. The maximum atomic E-state index is 2.99. The van der Waals surface area contributed by atoms with E-state index in [1.54, 1.807) is 0 Å². The van der Waals surface area contributed by atoms with Crippen molar-refractivity contribution in [3.8, 4) is 0 Å². The van der Waals surface area contributed by atoms with Crippen LogP contribution in [0.1, 0.15) is 6.42 Å². The van der Waals surface area contributed by atoms with E-state index in [4.69, 9.17) is 0 Å². The molecule has 0 aliphatic heterocycles. The Morgan fingerprint density at radius 2 is 1.23 bits per heavy atom. The summed E-state index contributed by atoms with van der Waals surface area (Å²) >= 11 is 0. The molecule has 1 aliphatic carbocycles. The second kappa shape index (κ2) is 51.6. The van der Waals surface area contributed by atoms with Crippen molar-refractivity contribution in [1.82, 2.24) is 0 Å². The van der Waals surface area contributed by atoms with Gasteiger partial charge in [-0.2, -0.15) is 6.08 Å². The fourth-order valence-corrected chi connectivity index (χ4v) is 0.340. The van der Waals surface area contributed by atoms with Gasteiger partial charge in [-0.25, -0.2) is 12.2 Å². The van der Waals surface area contributed by atoms with Crippen molar-refractivity contribution in [3.63, 3.8) is 0 Å². The van der Waals surface area contributed by atoms with Crippen LogP contribution in [0.4, 0.5) is 0 Å². The van der Waals surface area contributed by atoms with Gasteiger partial charge in [-0.05, 0) is 0 Å².